The van der Waals surface area contributed by atoms with Crippen molar-refractivity contribution in [3.05, 3.63) is 34.6 Å². The summed E-state index contributed by atoms with van der Waals surface area (Å²) in [5.74, 6) is -0.164. The molecular weight excluding hydrogens is 376 g/mol. The smallest absolute Gasteiger partial charge is 0.282 e. The predicted molar refractivity (Wildman–Crippen MR) is 97.0 cm³/mol. The summed E-state index contributed by atoms with van der Waals surface area (Å²) in [7, 11) is -2.20. The maximum atomic E-state index is 13.8. The van der Waals surface area contributed by atoms with Gasteiger partial charge in [-0.15, -0.1) is 12.4 Å². The molecule has 24 heavy (non-hydrogen) atoms. The summed E-state index contributed by atoms with van der Waals surface area (Å²) in [6.07, 6.45) is 1.48. The van der Waals surface area contributed by atoms with E-state index >= 15 is 0 Å². The fourth-order valence-electron chi connectivity index (χ4n) is 2.82. The van der Waals surface area contributed by atoms with Gasteiger partial charge in [-0.05, 0) is 37.8 Å². The zero-order valence-electron chi connectivity index (χ0n) is 13.8. The monoisotopic (exact) mass is 399 g/mol. The van der Waals surface area contributed by atoms with Gasteiger partial charge in [-0.3, -0.25) is 0 Å². The summed E-state index contributed by atoms with van der Waals surface area (Å²) >= 11 is 5.97. The number of rotatable bonds is 5. The number of hydrogen-bond donors (Lipinski definition) is 1. The second-order valence-electron chi connectivity index (χ2n) is 6.06. The minimum absolute atomic E-state index is 0. The van der Waals surface area contributed by atoms with Crippen molar-refractivity contribution in [2.45, 2.75) is 32.4 Å². The first kappa shape index (κ1) is 21.6. The van der Waals surface area contributed by atoms with Crippen molar-refractivity contribution >= 4 is 34.2 Å². The van der Waals surface area contributed by atoms with Crippen LogP contribution in [-0.2, 0) is 16.8 Å². The van der Waals surface area contributed by atoms with Gasteiger partial charge in [0.15, 0.2) is 0 Å². The Balaban J connectivity index is 0.00000288. The highest BCUT2D eigenvalue weighted by Crippen LogP contribution is 2.25. The summed E-state index contributed by atoms with van der Waals surface area (Å²) in [6, 6.07) is 4.38. The van der Waals surface area contributed by atoms with Gasteiger partial charge in [-0.25, -0.2) is 4.39 Å². The van der Waals surface area contributed by atoms with Gasteiger partial charge < -0.3 is 5.73 Å². The largest absolute Gasteiger partial charge is 0.328 e. The molecule has 1 unspecified atom stereocenters. The molecule has 0 saturated carbocycles. The molecule has 0 spiro atoms. The summed E-state index contributed by atoms with van der Waals surface area (Å²) in [5.41, 5.74) is 6.07. The van der Waals surface area contributed by atoms with E-state index in [4.69, 9.17) is 17.3 Å². The number of piperidine rings is 1. The highest BCUT2D eigenvalue weighted by molar-refractivity contribution is 7.86. The molecule has 0 aromatic heterocycles. The summed E-state index contributed by atoms with van der Waals surface area (Å²) in [4.78, 5) is 0. The van der Waals surface area contributed by atoms with Crippen LogP contribution < -0.4 is 5.73 Å². The van der Waals surface area contributed by atoms with Crippen molar-refractivity contribution in [2.75, 3.05) is 20.1 Å². The SMILES string of the molecule is CC(N)C1CCN(S(=O)(=O)N(C)Cc2c(F)cccc2Cl)CC1.Cl. The Morgan fingerprint density at radius 1 is 1.42 bits per heavy atom. The van der Waals surface area contributed by atoms with E-state index in [0.29, 0.717) is 19.0 Å². The van der Waals surface area contributed by atoms with Crippen molar-refractivity contribution in [2.24, 2.45) is 11.7 Å². The molecule has 0 radical (unpaired) electrons. The lowest BCUT2D eigenvalue weighted by atomic mass is 9.92. The minimum atomic E-state index is -3.64. The maximum absolute atomic E-state index is 13.8. The molecule has 1 atom stereocenters. The van der Waals surface area contributed by atoms with Crippen molar-refractivity contribution in [1.29, 1.82) is 0 Å². The topological polar surface area (TPSA) is 66.6 Å². The van der Waals surface area contributed by atoms with Crippen LogP contribution in [0.2, 0.25) is 5.02 Å². The highest BCUT2D eigenvalue weighted by Gasteiger charge is 2.32. The quantitative estimate of drug-likeness (QED) is 0.827. The number of hydrogen-bond acceptors (Lipinski definition) is 3. The Bertz CT molecular complexity index is 630. The molecule has 1 fully saturated rings. The molecule has 0 aliphatic carbocycles. The van der Waals surface area contributed by atoms with Gasteiger partial charge in [-0.1, -0.05) is 17.7 Å². The molecule has 1 aromatic rings. The molecule has 0 amide bonds. The first-order valence-corrected chi connectivity index (χ1v) is 9.41. The third-order valence-corrected chi connectivity index (χ3v) is 6.69. The van der Waals surface area contributed by atoms with E-state index < -0.39 is 16.0 Å². The molecular formula is C15H24Cl2FN3O2S. The third-order valence-electron chi connectivity index (χ3n) is 4.40. The molecule has 0 bridgehead atoms. The Kier molecular flexibility index (Phi) is 7.90. The van der Waals surface area contributed by atoms with Crippen LogP contribution in [0.3, 0.4) is 0 Å². The molecule has 1 aliphatic rings. The molecule has 1 heterocycles. The van der Waals surface area contributed by atoms with Gasteiger partial charge in [0.2, 0.25) is 0 Å². The van der Waals surface area contributed by atoms with E-state index in [1.54, 1.807) is 6.07 Å². The zero-order valence-corrected chi connectivity index (χ0v) is 16.2. The number of nitrogens with zero attached hydrogens (tertiary/aromatic N) is 2. The van der Waals surface area contributed by atoms with Gasteiger partial charge >= 0.3 is 0 Å². The fraction of sp³-hybridized carbons (Fsp3) is 0.600. The molecule has 138 valence electrons. The Hall–Kier alpha value is -0.440. The van der Waals surface area contributed by atoms with Gasteiger partial charge in [-0.2, -0.15) is 17.0 Å². The lowest BCUT2D eigenvalue weighted by Crippen LogP contribution is -2.47. The fourth-order valence-corrected chi connectivity index (χ4v) is 4.40. The molecule has 2 N–H and O–H groups in total. The van der Waals surface area contributed by atoms with Crippen molar-refractivity contribution in [3.8, 4) is 0 Å². The first-order chi connectivity index (χ1) is 10.7. The van der Waals surface area contributed by atoms with E-state index in [0.717, 1.165) is 17.1 Å². The average molecular weight is 400 g/mol. The lowest BCUT2D eigenvalue weighted by Gasteiger charge is -2.35. The van der Waals surface area contributed by atoms with Gasteiger partial charge in [0.05, 0.1) is 0 Å². The normalized spacial score (nSPS) is 18.4. The number of halogens is 3. The highest BCUT2D eigenvalue weighted by atomic mass is 35.5. The first-order valence-electron chi connectivity index (χ1n) is 7.63. The van der Waals surface area contributed by atoms with Crippen molar-refractivity contribution < 1.29 is 12.8 Å². The maximum Gasteiger partial charge on any atom is 0.282 e. The van der Waals surface area contributed by atoms with Gasteiger partial charge in [0.25, 0.3) is 10.2 Å². The van der Waals surface area contributed by atoms with E-state index in [9.17, 15) is 12.8 Å². The van der Waals surface area contributed by atoms with Crippen LogP contribution in [0.4, 0.5) is 4.39 Å². The van der Waals surface area contributed by atoms with Crippen LogP contribution in [0.5, 0.6) is 0 Å². The van der Waals surface area contributed by atoms with Crippen LogP contribution in [0, 0.1) is 11.7 Å². The van der Waals surface area contributed by atoms with Crippen LogP contribution >= 0.6 is 24.0 Å². The lowest BCUT2D eigenvalue weighted by molar-refractivity contribution is 0.238. The Labute approximate surface area is 154 Å². The van der Waals surface area contributed by atoms with Crippen LogP contribution in [-0.4, -0.2) is 43.2 Å². The van der Waals surface area contributed by atoms with Gasteiger partial charge in [0, 0.05) is 43.3 Å². The predicted octanol–water partition coefficient (Wildman–Crippen LogP) is 2.64. The van der Waals surface area contributed by atoms with Gasteiger partial charge in [0.1, 0.15) is 5.82 Å². The van der Waals surface area contributed by atoms with E-state index in [1.165, 1.54) is 23.5 Å². The zero-order chi connectivity index (χ0) is 17.2. The van der Waals surface area contributed by atoms with Crippen LogP contribution in [0.1, 0.15) is 25.3 Å². The second kappa shape index (κ2) is 8.78. The van der Waals surface area contributed by atoms with Crippen molar-refractivity contribution in [3.63, 3.8) is 0 Å². The van der Waals surface area contributed by atoms with E-state index in [2.05, 4.69) is 0 Å². The Morgan fingerprint density at radius 3 is 2.50 bits per heavy atom. The minimum Gasteiger partial charge on any atom is -0.328 e. The molecule has 1 saturated heterocycles. The number of nitrogens with two attached hydrogens (primary N) is 1. The summed E-state index contributed by atoms with van der Waals surface area (Å²) in [6.45, 7) is 2.72. The molecule has 1 aromatic carbocycles. The second-order valence-corrected chi connectivity index (χ2v) is 8.50. The molecule has 9 heteroatoms. The summed E-state index contributed by atoms with van der Waals surface area (Å²) in [5, 5.41) is 0.225. The van der Waals surface area contributed by atoms with Crippen molar-refractivity contribution in [1.82, 2.24) is 8.61 Å². The molecule has 2 rings (SSSR count). The van der Waals surface area contributed by atoms with E-state index in [1.807, 2.05) is 6.92 Å². The third kappa shape index (κ3) is 4.80. The average Bonchev–Trinajstić information content (AvgIpc) is 2.50. The standard InChI is InChI=1S/C15H23ClFN3O2S.ClH/c1-11(18)12-6-8-20(9-7-12)23(21,22)19(2)10-13-14(16)4-3-5-15(13)17;/h3-5,11-12H,6-10,18H2,1-2H3;1H. The summed E-state index contributed by atoms with van der Waals surface area (Å²) < 4.78 is 41.7. The van der Waals surface area contributed by atoms with Crippen LogP contribution in [0.15, 0.2) is 18.2 Å². The van der Waals surface area contributed by atoms with Crippen LogP contribution in [0.25, 0.3) is 0 Å². The Morgan fingerprint density at radius 2 is 2.00 bits per heavy atom. The molecule has 5 nitrogen and oxygen atoms in total. The number of benzene rings is 1. The van der Waals surface area contributed by atoms with E-state index in [-0.39, 0.29) is 35.6 Å². The molecule has 1 aliphatic heterocycles.